The molecule has 0 atom stereocenters. The van der Waals surface area contributed by atoms with Gasteiger partial charge in [0.2, 0.25) is 0 Å². The molecule has 1 aliphatic heterocycles. The van der Waals surface area contributed by atoms with E-state index in [0.717, 1.165) is 31.2 Å². The van der Waals surface area contributed by atoms with Gasteiger partial charge in [0, 0.05) is 34.8 Å². The quantitative estimate of drug-likeness (QED) is 0.496. The van der Waals surface area contributed by atoms with Gasteiger partial charge in [0.1, 0.15) is 11.6 Å². The van der Waals surface area contributed by atoms with Crippen molar-refractivity contribution in [3.05, 3.63) is 62.9 Å². The highest BCUT2D eigenvalue weighted by Gasteiger charge is 2.30. The van der Waals surface area contributed by atoms with Crippen LogP contribution in [0.25, 0.3) is 0 Å². The van der Waals surface area contributed by atoms with Crippen LogP contribution in [0.4, 0.5) is 4.39 Å². The van der Waals surface area contributed by atoms with Gasteiger partial charge < -0.3 is 14.4 Å². The Kier molecular flexibility index (Phi) is 6.91. The monoisotopic (exact) mass is 479 g/mol. The van der Waals surface area contributed by atoms with Crippen molar-refractivity contribution in [1.82, 2.24) is 4.90 Å². The summed E-state index contributed by atoms with van der Waals surface area (Å²) in [7, 11) is 1.24. The molecule has 0 unspecified atom stereocenters. The highest BCUT2D eigenvalue weighted by atomic mass is 35.5. The van der Waals surface area contributed by atoms with E-state index in [-0.39, 0.29) is 23.3 Å². The van der Waals surface area contributed by atoms with Crippen molar-refractivity contribution < 1.29 is 23.5 Å². The van der Waals surface area contributed by atoms with Crippen LogP contribution in [-0.4, -0.2) is 43.6 Å². The van der Waals surface area contributed by atoms with Gasteiger partial charge in [-0.25, -0.2) is 9.18 Å². The number of rotatable bonds is 6. The van der Waals surface area contributed by atoms with Crippen LogP contribution in [0, 0.1) is 11.7 Å². The molecule has 0 spiro atoms. The van der Waals surface area contributed by atoms with Gasteiger partial charge in [-0.15, -0.1) is 0 Å². The molecule has 1 heterocycles. The number of carbonyl (C=O) groups excluding carboxylic acids is 2. The zero-order valence-corrected chi connectivity index (χ0v) is 19.2. The highest BCUT2D eigenvalue weighted by Crippen LogP contribution is 2.45. The molecule has 2 aliphatic rings. The van der Waals surface area contributed by atoms with Gasteiger partial charge in [0.15, 0.2) is 0 Å². The third-order valence-corrected chi connectivity index (χ3v) is 6.44. The Morgan fingerprint density at radius 3 is 2.28 bits per heavy atom. The minimum Gasteiger partial charge on any atom is -0.493 e. The Morgan fingerprint density at radius 2 is 1.69 bits per heavy atom. The number of piperidine rings is 1. The van der Waals surface area contributed by atoms with E-state index in [1.807, 2.05) is 0 Å². The molecule has 1 saturated heterocycles. The van der Waals surface area contributed by atoms with Gasteiger partial charge in [0.25, 0.3) is 5.91 Å². The zero-order valence-electron chi connectivity index (χ0n) is 17.7. The second kappa shape index (κ2) is 9.67. The minimum atomic E-state index is -0.686. The van der Waals surface area contributed by atoms with Crippen LogP contribution >= 0.6 is 23.2 Å². The summed E-state index contributed by atoms with van der Waals surface area (Å²) in [5, 5.41) is 0.863. The van der Waals surface area contributed by atoms with Crippen LogP contribution in [0.2, 0.25) is 10.0 Å². The van der Waals surface area contributed by atoms with E-state index in [4.69, 9.17) is 27.9 Å². The van der Waals surface area contributed by atoms with E-state index in [2.05, 4.69) is 4.74 Å². The topological polar surface area (TPSA) is 55.8 Å². The first-order valence-corrected chi connectivity index (χ1v) is 11.4. The lowest BCUT2D eigenvalue weighted by Crippen LogP contribution is -2.39. The van der Waals surface area contributed by atoms with Crippen LogP contribution in [0.3, 0.4) is 0 Å². The van der Waals surface area contributed by atoms with Crippen molar-refractivity contribution in [2.75, 3.05) is 26.8 Å². The summed E-state index contributed by atoms with van der Waals surface area (Å²) in [6.07, 6.45) is 3.55. The number of hydrogen-bond acceptors (Lipinski definition) is 4. The maximum absolute atomic E-state index is 14.4. The van der Waals surface area contributed by atoms with E-state index >= 15 is 0 Å². The molecule has 170 valence electrons. The summed E-state index contributed by atoms with van der Waals surface area (Å²) in [5.74, 6) is -0.392. The maximum Gasteiger partial charge on any atom is 0.340 e. The third-order valence-electron chi connectivity index (χ3n) is 6.01. The number of halogens is 3. The summed E-state index contributed by atoms with van der Waals surface area (Å²) in [5.41, 5.74) is 1.28. The van der Waals surface area contributed by atoms with Crippen LogP contribution in [0.5, 0.6) is 5.75 Å². The molecule has 1 saturated carbocycles. The largest absolute Gasteiger partial charge is 0.493 e. The van der Waals surface area contributed by atoms with Crippen LogP contribution in [0.15, 0.2) is 30.3 Å². The molecule has 2 aromatic rings. The molecule has 1 aliphatic carbocycles. The SMILES string of the molecule is COC(=O)c1cc(C2CC2)c(OCC2CCN(C(=O)c3cc(Cl)cc(Cl)c3)CC2)cc1F. The zero-order chi connectivity index (χ0) is 22.8. The van der Waals surface area contributed by atoms with Crippen molar-refractivity contribution in [3.63, 3.8) is 0 Å². The fourth-order valence-corrected chi connectivity index (χ4v) is 4.57. The number of ether oxygens (including phenoxy) is 2. The highest BCUT2D eigenvalue weighted by molar-refractivity contribution is 6.35. The number of nitrogens with zero attached hydrogens (tertiary/aromatic N) is 1. The first-order chi connectivity index (χ1) is 15.4. The predicted molar refractivity (Wildman–Crippen MR) is 120 cm³/mol. The van der Waals surface area contributed by atoms with Crippen molar-refractivity contribution in [2.45, 2.75) is 31.6 Å². The predicted octanol–water partition coefficient (Wildman–Crippen LogP) is 5.73. The van der Waals surface area contributed by atoms with E-state index in [9.17, 15) is 14.0 Å². The number of benzene rings is 2. The van der Waals surface area contributed by atoms with Gasteiger partial charge in [-0.3, -0.25) is 4.79 Å². The Bertz CT molecular complexity index is 1010. The molecule has 0 radical (unpaired) electrons. The normalized spacial score (nSPS) is 16.7. The van der Waals surface area contributed by atoms with Crippen molar-refractivity contribution in [1.29, 1.82) is 0 Å². The summed E-state index contributed by atoms with van der Waals surface area (Å²) in [4.78, 5) is 26.4. The molecule has 2 aromatic carbocycles. The van der Waals surface area contributed by atoms with Crippen LogP contribution in [-0.2, 0) is 4.74 Å². The fourth-order valence-electron chi connectivity index (χ4n) is 4.05. The molecule has 32 heavy (non-hydrogen) atoms. The second-order valence-electron chi connectivity index (χ2n) is 8.34. The minimum absolute atomic E-state index is 0.0605. The number of likely N-dealkylation sites (tertiary alicyclic amines) is 1. The summed E-state index contributed by atoms with van der Waals surface area (Å²) >= 11 is 12.0. The molecule has 4 rings (SSSR count). The van der Waals surface area contributed by atoms with Crippen LogP contribution < -0.4 is 4.74 Å². The second-order valence-corrected chi connectivity index (χ2v) is 9.21. The van der Waals surface area contributed by atoms with Crippen molar-refractivity contribution in [3.8, 4) is 5.75 Å². The molecule has 1 amide bonds. The average molecular weight is 480 g/mol. The third kappa shape index (κ3) is 5.18. The van der Waals surface area contributed by atoms with Gasteiger partial charge in [-0.2, -0.15) is 0 Å². The number of carbonyl (C=O) groups is 2. The van der Waals surface area contributed by atoms with E-state index in [0.29, 0.717) is 41.1 Å². The maximum atomic E-state index is 14.4. The molecule has 0 N–H and O–H groups in total. The van der Waals surface area contributed by atoms with Crippen molar-refractivity contribution in [2.24, 2.45) is 5.92 Å². The van der Waals surface area contributed by atoms with E-state index < -0.39 is 11.8 Å². The van der Waals surface area contributed by atoms with Gasteiger partial charge in [0.05, 0.1) is 19.3 Å². The summed E-state index contributed by atoms with van der Waals surface area (Å²) in [6, 6.07) is 7.70. The molecular formula is C24H24Cl2FNO4. The Labute approximate surface area is 196 Å². The molecule has 5 nitrogen and oxygen atoms in total. The Balaban J connectivity index is 1.36. The Morgan fingerprint density at radius 1 is 1.03 bits per heavy atom. The van der Waals surface area contributed by atoms with Gasteiger partial charge >= 0.3 is 5.97 Å². The number of amides is 1. The lowest BCUT2D eigenvalue weighted by molar-refractivity contribution is 0.0593. The van der Waals surface area contributed by atoms with Crippen LogP contribution in [0.1, 0.15) is 57.9 Å². The first-order valence-electron chi connectivity index (χ1n) is 10.7. The molecular weight excluding hydrogens is 456 g/mol. The fraction of sp³-hybridized carbons (Fsp3) is 0.417. The first kappa shape index (κ1) is 22.9. The Hall–Kier alpha value is -2.31. The number of esters is 1. The lowest BCUT2D eigenvalue weighted by Gasteiger charge is -2.32. The number of hydrogen-bond donors (Lipinski definition) is 0. The summed E-state index contributed by atoms with van der Waals surface area (Å²) < 4.78 is 25.1. The molecule has 8 heteroatoms. The van der Waals surface area contributed by atoms with Gasteiger partial charge in [-0.05, 0) is 67.3 Å². The van der Waals surface area contributed by atoms with Crippen molar-refractivity contribution >= 4 is 35.1 Å². The smallest absolute Gasteiger partial charge is 0.340 e. The molecule has 0 bridgehead atoms. The van der Waals surface area contributed by atoms with E-state index in [1.54, 1.807) is 29.2 Å². The molecule has 2 fully saturated rings. The number of methoxy groups -OCH3 is 1. The average Bonchev–Trinajstić information content (AvgIpc) is 3.61. The summed E-state index contributed by atoms with van der Waals surface area (Å²) in [6.45, 7) is 1.63. The van der Waals surface area contributed by atoms with Gasteiger partial charge in [-0.1, -0.05) is 23.2 Å². The lowest BCUT2D eigenvalue weighted by atomic mass is 9.97. The standard InChI is InChI=1S/C24H24Cl2FNO4/c1-31-24(30)20-11-19(15-2-3-15)22(12-21(20)27)32-13-14-4-6-28(7-5-14)23(29)16-8-17(25)10-18(26)9-16/h8-12,14-15H,2-7,13H2,1H3. The van der Waals surface area contributed by atoms with E-state index in [1.165, 1.54) is 13.2 Å². The molecule has 0 aromatic heterocycles.